The lowest BCUT2D eigenvalue weighted by molar-refractivity contribution is 0.00254. The molecule has 0 heterocycles. The number of hydrogen-bond acceptors (Lipinski definition) is 5. The number of nitrogens with two attached hydrogens (primary N) is 1. The van der Waals surface area contributed by atoms with Crippen LogP contribution in [0.4, 0.5) is 0 Å². The standard InChI is InChI=1S/C12H18ClN3O3/c1-12(18,7-17)6-15-5-9-3-2-8(4-10(9)13)11(14)16-19/h2-4,15,17-19H,5-7H2,1H3,(H2,14,16). The van der Waals surface area contributed by atoms with Crippen molar-refractivity contribution in [2.24, 2.45) is 10.9 Å². The lowest BCUT2D eigenvalue weighted by atomic mass is 10.1. The fourth-order valence-corrected chi connectivity index (χ4v) is 1.68. The summed E-state index contributed by atoms with van der Waals surface area (Å²) in [5.74, 6) is -0.00961. The summed E-state index contributed by atoms with van der Waals surface area (Å²) in [6.45, 7) is 1.88. The van der Waals surface area contributed by atoms with E-state index in [1.54, 1.807) is 18.2 Å². The van der Waals surface area contributed by atoms with Gasteiger partial charge in [-0.05, 0) is 18.6 Å². The van der Waals surface area contributed by atoms with Gasteiger partial charge in [0.05, 0.1) is 12.2 Å². The van der Waals surface area contributed by atoms with E-state index >= 15 is 0 Å². The van der Waals surface area contributed by atoms with Gasteiger partial charge in [-0.15, -0.1) is 0 Å². The molecule has 1 atom stereocenters. The molecule has 0 aliphatic carbocycles. The summed E-state index contributed by atoms with van der Waals surface area (Å²) in [5, 5.41) is 33.4. The van der Waals surface area contributed by atoms with Crippen molar-refractivity contribution in [1.82, 2.24) is 5.32 Å². The first kappa shape index (κ1) is 15.7. The Bertz CT molecular complexity index is 464. The number of aliphatic hydroxyl groups is 2. The highest BCUT2D eigenvalue weighted by atomic mass is 35.5. The van der Waals surface area contributed by atoms with E-state index in [0.29, 0.717) is 17.1 Å². The molecule has 1 unspecified atom stereocenters. The molecule has 6 nitrogen and oxygen atoms in total. The zero-order chi connectivity index (χ0) is 14.5. The Labute approximate surface area is 116 Å². The predicted molar refractivity (Wildman–Crippen MR) is 73.4 cm³/mol. The summed E-state index contributed by atoms with van der Waals surface area (Å²) in [6, 6.07) is 5.02. The molecule has 0 aliphatic rings. The number of aliphatic hydroxyl groups excluding tert-OH is 1. The van der Waals surface area contributed by atoms with Crippen molar-refractivity contribution in [3.63, 3.8) is 0 Å². The average Bonchev–Trinajstić information content (AvgIpc) is 2.39. The van der Waals surface area contributed by atoms with Gasteiger partial charge in [0.25, 0.3) is 0 Å². The summed E-state index contributed by atoms with van der Waals surface area (Å²) >= 11 is 6.07. The Kier molecular flexibility index (Phi) is 5.56. The number of halogens is 1. The lowest BCUT2D eigenvalue weighted by Gasteiger charge is -2.20. The Morgan fingerprint density at radius 2 is 2.21 bits per heavy atom. The van der Waals surface area contributed by atoms with Gasteiger partial charge in [-0.3, -0.25) is 0 Å². The molecule has 0 amide bonds. The van der Waals surface area contributed by atoms with E-state index < -0.39 is 5.60 Å². The first-order valence-electron chi connectivity index (χ1n) is 5.70. The first-order chi connectivity index (χ1) is 8.89. The van der Waals surface area contributed by atoms with Crippen LogP contribution in [0.3, 0.4) is 0 Å². The molecule has 7 heteroatoms. The second kappa shape index (κ2) is 6.72. The molecule has 0 aromatic heterocycles. The summed E-state index contributed by atoms with van der Waals surface area (Å²) in [4.78, 5) is 0. The zero-order valence-electron chi connectivity index (χ0n) is 10.6. The summed E-state index contributed by atoms with van der Waals surface area (Å²) < 4.78 is 0. The molecule has 0 aliphatic heterocycles. The Morgan fingerprint density at radius 1 is 1.53 bits per heavy atom. The van der Waals surface area contributed by atoms with Crippen LogP contribution in [0.15, 0.2) is 23.4 Å². The van der Waals surface area contributed by atoms with Crippen LogP contribution >= 0.6 is 11.6 Å². The van der Waals surface area contributed by atoms with Crippen molar-refractivity contribution in [2.75, 3.05) is 13.2 Å². The van der Waals surface area contributed by atoms with Gasteiger partial charge < -0.3 is 26.5 Å². The van der Waals surface area contributed by atoms with Crippen LogP contribution in [-0.4, -0.2) is 40.0 Å². The van der Waals surface area contributed by atoms with E-state index in [1.807, 2.05) is 0 Å². The Morgan fingerprint density at radius 3 is 2.74 bits per heavy atom. The van der Waals surface area contributed by atoms with Gasteiger partial charge in [0, 0.05) is 23.7 Å². The van der Waals surface area contributed by atoms with Crippen LogP contribution < -0.4 is 11.1 Å². The highest BCUT2D eigenvalue weighted by Gasteiger charge is 2.18. The molecule has 0 radical (unpaired) electrons. The highest BCUT2D eigenvalue weighted by molar-refractivity contribution is 6.31. The van der Waals surface area contributed by atoms with Gasteiger partial charge in [-0.2, -0.15) is 0 Å². The third-order valence-electron chi connectivity index (χ3n) is 2.62. The second-order valence-corrected chi connectivity index (χ2v) is 4.96. The van der Waals surface area contributed by atoms with E-state index in [0.717, 1.165) is 5.56 Å². The highest BCUT2D eigenvalue weighted by Crippen LogP contribution is 2.18. The van der Waals surface area contributed by atoms with Crippen LogP contribution in [0.25, 0.3) is 0 Å². The number of amidine groups is 1. The minimum atomic E-state index is -1.17. The number of benzene rings is 1. The molecule has 0 saturated heterocycles. The predicted octanol–water partition coefficient (Wildman–Crippen LogP) is 0.267. The Hall–Kier alpha value is -1.34. The van der Waals surface area contributed by atoms with Crippen molar-refractivity contribution in [1.29, 1.82) is 0 Å². The average molecular weight is 288 g/mol. The molecule has 106 valence electrons. The van der Waals surface area contributed by atoms with Crippen molar-refractivity contribution >= 4 is 17.4 Å². The van der Waals surface area contributed by atoms with Crippen LogP contribution in [0.5, 0.6) is 0 Å². The van der Waals surface area contributed by atoms with Crippen molar-refractivity contribution in [2.45, 2.75) is 19.1 Å². The maximum Gasteiger partial charge on any atom is 0.170 e. The normalized spacial score (nSPS) is 15.3. The molecular weight excluding hydrogens is 270 g/mol. The van der Waals surface area contributed by atoms with Gasteiger partial charge in [0.1, 0.15) is 0 Å². The monoisotopic (exact) mass is 287 g/mol. The molecule has 19 heavy (non-hydrogen) atoms. The van der Waals surface area contributed by atoms with Gasteiger partial charge in [0.15, 0.2) is 5.84 Å². The maximum atomic E-state index is 9.61. The third-order valence-corrected chi connectivity index (χ3v) is 2.97. The molecule has 1 aromatic rings. The summed E-state index contributed by atoms with van der Waals surface area (Å²) in [5.41, 5.74) is 5.62. The van der Waals surface area contributed by atoms with Crippen molar-refractivity contribution in [3.8, 4) is 0 Å². The van der Waals surface area contributed by atoms with Crippen LogP contribution in [-0.2, 0) is 6.54 Å². The van der Waals surface area contributed by atoms with E-state index in [4.69, 9.17) is 27.6 Å². The Balaban J connectivity index is 2.66. The van der Waals surface area contributed by atoms with Crippen molar-refractivity contribution < 1.29 is 15.4 Å². The minimum absolute atomic E-state index is 0.00961. The fraction of sp³-hybridized carbons (Fsp3) is 0.417. The largest absolute Gasteiger partial charge is 0.409 e. The van der Waals surface area contributed by atoms with Gasteiger partial charge in [-0.25, -0.2) is 0 Å². The molecule has 0 bridgehead atoms. The molecule has 6 N–H and O–H groups in total. The minimum Gasteiger partial charge on any atom is -0.409 e. The van der Waals surface area contributed by atoms with Gasteiger partial charge in [-0.1, -0.05) is 28.9 Å². The molecule has 1 rings (SSSR count). The van der Waals surface area contributed by atoms with E-state index in [9.17, 15) is 5.11 Å². The van der Waals surface area contributed by atoms with Crippen molar-refractivity contribution in [3.05, 3.63) is 34.3 Å². The number of hydrogen-bond donors (Lipinski definition) is 5. The maximum absolute atomic E-state index is 9.61. The second-order valence-electron chi connectivity index (χ2n) is 4.55. The third kappa shape index (κ3) is 4.68. The van der Waals surface area contributed by atoms with E-state index in [-0.39, 0.29) is 19.0 Å². The molecule has 0 saturated carbocycles. The van der Waals surface area contributed by atoms with E-state index in [1.165, 1.54) is 6.92 Å². The quantitative estimate of drug-likeness (QED) is 0.223. The smallest absolute Gasteiger partial charge is 0.170 e. The fourth-order valence-electron chi connectivity index (χ4n) is 1.43. The molecule has 1 aromatic carbocycles. The zero-order valence-corrected chi connectivity index (χ0v) is 11.4. The van der Waals surface area contributed by atoms with Crippen LogP contribution in [0, 0.1) is 0 Å². The molecule has 0 fully saturated rings. The van der Waals surface area contributed by atoms with Gasteiger partial charge in [0.2, 0.25) is 0 Å². The number of oxime groups is 1. The summed E-state index contributed by atoms with van der Waals surface area (Å²) in [7, 11) is 0. The number of nitrogens with one attached hydrogen (secondary N) is 1. The topological polar surface area (TPSA) is 111 Å². The summed E-state index contributed by atoms with van der Waals surface area (Å²) in [6.07, 6.45) is 0. The molecular formula is C12H18ClN3O3. The number of nitrogens with zero attached hydrogens (tertiary/aromatic N) is 1. The lowest BCUT2D eigenvalue weighted by Crippen LogP contribution is -2.40. The first-order valence-corrected chi connectivity index (χ1v) is 6.07. The van der Waals surface area contributed by atoms with E-state index in [2.05, 4.69) is 10.5 Å². The van der Waals surface area contributed by atoms with Crippen LogP contribution in [0.2, 0.25) is 5.02 Å². The van der Waals surface area contributed by atoms with Crippen LogP contribution in [0.1, 0.15) is 18.1 Å². The molecule has 0 spiro atoms. The SMILES string of the molecule is CC(O)(CO)CNCc1ccc(/C(N)=N/O)cc1Cl. The number of rotatable bonds is 6. The van der Waals surface area contributed by atoms with Gasteiger partial charge >= 0.3 is 0 Å².